The van der Waals surface area contributed by atoms with Crippen molar-refractivity contribution in [2.45, 2.75) is 37.8 Å². The van der Waals surface area contributed by atoms with Crippen LogP contribution in [0.25, 0.3) is 0 Å². The molecule has 1 atom stereocenters. The lowest BCUT2D eigenvalue weighted by Gasteiger charge is -2.34. The molecule has 9 nitrogen and oxygen atoms in total. The van der Waals surface area contributed by atoms with Gasteiger partial charge >= 0.3 is 0 Å². The maximum absolute atomic E-state index is 14.6. The molecule has 2 amide bonds. The Kier molecular flexibility index (Phi) is 12.3. The third-order valence-corrected chi connectivity index (χ3v) is 9.66. The lowest BCUT2D eigenvalue weighted by atomic mass is 10.0. The highest BCUT2D eigenvalue weighted by molar-refractivity contribution is 7.92. The molecule has 0 aliphatic rings. The zero-order valence-corrected chi connectivity index (χ0v) is 28.5. The van der Waals surface area contributed by atoms with Crippen LogP contribution in [0.4, 0.5) is 5.69 Å². The summed E-state index contributed by atoms with van der Waals surface area (Å²) < 4.78 is 40.3. The SMILES string of the molecule is COc1ccc(S(=O)(=O)N(CC(=O)N(Cc2ccccc2Cl)[C@@H](Cc2ccccc2)C(=O)NCC(C)C)c2ccccc2)cc1OC. The smallest absolute Gasteiger partial charge is 0.264 e. The summed E-state index contributed by atoms with van der Waals surface area (Å²) in [5, 5.41) is 3.40. The van der Waals surface area contributed by atoms with Crippen LogP contribution in [0.3, 0.4) is 0 Å². The number of carbonyl (C=O) groups is 2. The van der Waals surface area contributed by atoms with Crippen molar-refractivity contribution in [1.82, 2.24) is 10.2 Å². The van der Waals surface area contributed by atoms with Crippen LogP contribution in [0.15, 0.2) is 108 Å². The Morgan fingerprint density at radius 3 is 2.06 bits per heavy atom. The van der Waals surface area contributed by atoms with E-state index in [1.165, 1.54) is 37.3 Å². The molecular weight excluding hydrogens is 638 g/mol. The number of benzene rings is 4. The number of anilines is 1. The first-order valence-corrected chi connectivity index (χ1v) is 17.0. The molecule has 4 aromatic carbocycles. The number of hydrogen-bond acceptors (Lipinski definition) is 6. The third kappa shape index (κ3) is 9.05. The summed E-state index contributed by atoms with van der Waals surface area (Å²) in [5.74, 6) is -0.187. The van der Waals surface area contributed by atoms with Gasteiger partial charge in [-0.3, -0.25) is 13.9 Å². The molecule has 47 heavy (non-hydrogen) atoms. The normalized spacial score (nSPS) is 11.9. The maximum Gasteiger partial charge on any atom is 0.264 e. The predicted octanol–water partition coefficient (Wildman–Crippen LogP) is 5.96. The summed E-state index contributed by atoms with van der Waals surface area (Å²) in [5.41, 5.74) is 1.73. The summed E-state index contributed by atoms with van der Waals surface area (Å²) in [6.07, 6.45) is 0.203. The van der Waals surface area contributed by atoms with E-state index in [4.69, 9.17) is 21.1 Å². The Morgan fingerprint density at radius 1 is 0.830 bits per heavy atom. The zero-order valence-electron chi connectivity index (χ0n) is 26.9. The van der Waals surface area contributed by atoms with Crippen LogP contribution in [0.2, 0.25) is 5.02 Å². The first-order chi connectivity index (χ1) is 22.5. The molecule has 0 spiro atoms. The molecule has 11 heteroatoms. The average molecular weight is 678 g/mol. The molecule has 0 aliphatic carbocycles. The number of sulfonamides is 1. The fourth-order valence-corrected chi connectivity index (χ4v) is 6.64. The summed E-state index contributed by atoms with van der Waals surface area (Å²) in [7, 11) is -1.45. The number of carbonyl (C=O) groups excluding carboxylic acids is 2. The lowest BCUT2D eigenvalue weighted by Crippen LogP contribution is -2.53. The van der Waals surface area contributed by atoms with Crippen LogP contribution >= 0.6 is 11.6 Å². The topological polar surface area (TPSA) is 105 Å². The quantitative estimate of drug-likeness (QED) is 0.166. The molecule has 0 aliphatic heterocycles. The van der Waals surface area contributed by atoms with E-state index in [1.54, 1.807) is 54.6 Å². The number of ether oxygens (including phenoxy) is 2. The van der Waals surface area contributed by atoms with E-state index in [0.717, 1.165) is 9.87 Å². The van der Waals surface area contributed by atoms with E-state index in [1.807, 2.05) is 44.2 Å². The van der Waals surface area contributed by atoms with Crippen molar-refractivity contribution in [3.05, 3.63) is 119 Å². The third-order valence-electron chi connectivity index (χ3n) is 7.52. The van der Waals surface area contributed by atoms with Gasteiger partial charge in [-0.1, -0.05) is 92.2 Å². The van der Waals surface area contributed by atoms with Gasteiger partial charge in [0, 0.05) is 30.6 Å². The van der Waals surface area contributed by atoms with E-state index in [2.05, 4.69) is 5.32 Å². The summed E-state index contributed by atoms with van der Waals surface area (Å²) >= 11 is 6.56. The van der Waals surface area contributed by atoms with Crippen LogP contribution in [-0.4, -0.2) is 58.5 Å². The average Bonchev–Trinajstić information content (AvgIpc) is 3.08. The van der Waals surface area contributed by atoms with Gasteiger partial charge < -0.3 is 19.7 Å². The van der Waals surface area contributed by atoms with Gasteiger partial charge in [-0.05, 0) is 47.4 Å². The number of rotatable bonds is 15. The fraction of sp³-hybridized carbons (Fsp3) is 0.278. The highest BCUT2D eigenvalue weighted by atomic mass is 35.5. The molecule has 0 aromatic heterocycles. The van der Waals surface area contributed by atoms with Crippen LogP contribution in [0, 0.1) is 5.92 Å². The minimum absolute atomic E-state index is 0.0237. The minimum atomic E-state index is -4.32. The second-order valence-corrected chi connectivity index (χ2v) is 13.6. The Balaban J connectivity index is 1.81. The molecule has 0 heterocycles. The summed E-state index contributed by atoms with van der Waals surface area (Å²) in [6, 6.07) is 28.1. The largest absolute Gasteiger partial charge is 0.493 e. The van der Waals surface area contributed by atoms with Crippen molar-refractivity contribution < 1.29 is 27.5 Å². The van der Waals surface area contributed by atoms with Gasteiger partial charge in [0.15, 0.2) is 11.5 Å². The second-order valence-electron chi connectivity index (χ2n) is 11.3. The summed E-state index contributed by atoms with van der Waals surface area (Å²) in [6.45, 7) is 3.76. The standard InChI is InChI=1S/C36H40ClN3O6S/c1-26(2)23-38-36(42)32(21-27-13-7-5-8-14-27)39(24-28-15-11-12-18-31(28)37)35(41)25-40(29-16-9-6-10-17-29)47(43,44)30-19-20-33(45-3)34(22-30)46-4/h5-20,22,26,32H,21,23-25H2,1-4H3,(H,38,42)/t32-/m0/s1. The number of halogens is 1. The molecule has 1 N–H and O–H groups in total. The Morgan fingerprint density at radius 2 is 1.45 bits per heavy atom. The van der Waals surface area contributed by atoms with Crippen molar-refractivity contribution in [3.63, 3.8) is 0 Å². The first kappa shape index (κ1) is 35.3. The number of methoxy groups -OCH3 is 2. The molecule has 4 rings (SSSR count). The Labute approximate surface area is 282 Å². The molecule has 0 fully saturated rings. The van der Waals surface area contributed by atoms with Crippen LogP contribution < -0.4 is 19.1 Å². The highest BCUT2D eigenvalue weighted by Crippen LogP contribution is 2.32. The molecular formula is C36H40ClN3O6S. The summed E-state index contributed by atoms with van der Waals surface area (Å²) in [4.78, 5) is 29.8. The van der Waals surface area contributed by atoms with Crippen molar-refractivity contribution in [2.75, 3.05) is 31.6 Å². The Bertz CT molecular complexity index is 1750. The number of para-hydroxylation sites is 1. The van der Waals surface area contributed by atoms with Crippen LogP contribution in [0.5, 0.6) is 11.5 Å². The van der Waals surface area contributed by atoms with Gasteiger partial charge in [-0.15, -0.1) is 0 Å². The van der Waals surface area contributed by atoms with Gasteiger partial charge in [0.2, 0.25) is 11.8 Å². The van der Waals surface area contributed by atoms with E-state index in [9.17, 15) is 18.0 Å². The van der Waals surface area contributed by atoms with Gasteiger partial charge in [0.1, 0.15) is 12.6 Å². The van der Waals surface area contributed by atoms with Crippen LogP contribution in [-0.2, 0) is 32.6 Å². The van der Waals surface area contributed by atoms with E-state index in [-0.39, 0.29) is 41.1 Å². The molecule has 0 radical (unpaired) electrons. The van der Waals surface area contributed by atoms with E-state index >= 15 is 0 Å². The predicted molar refractivity (Wildman–Crippen MR) is 184 cm³/mol. The molecule has 0 unspecified atom stereocenters. The molecule has 248 valence electrons. The number of nitrogens with one attached hydrogen (secondary N) is 1. The van der Waals surface area contributed by atoms with E-state index < -0.39 is 28.5 Å². The number of nitrogens with zero attached hydrogens (tertiary/aromatic N) is 2. The van der Waals surface area contributed by atoms with Crippen molar-refractivity contribution in [2.24, 2.45) is 5.92 Å². The van der Waals surface area contributed by atoms with Crippen LogP contribution in [0.1, 0.15) is 25.0 Å². The first-order valence-electron chi connectivity index (χ1n) is 15.2. The number of hydrogen-bond donors (Lipinski definition) is 1. The van der Waals surface area contributed by atoms with Crippen molar-refractivity contribution in [3.8, 4) is 11.5 Å². The fourth-order valence-electron chi connectivity index (χ4n) is 5.01. The van der Waals surface area contributed by atoms with Crippen molar-refractivity contribution >= 4 is 39.1 Å². The lowest BCUT2D eigenvalue weighted by molar-refractivity contribution is -0.140. The van der Waals surface area contributed by atoms with E-state index in [0.29, 0.717) is 22.9 Å². The molecule has 0 saturated heterocycles. The molecule has 0 bridgehead atoms. The minimum Gasteiger partial charge on any atom is -0.493 e. The van der Waals surface area contributed by atoms with Gasteiger partial charge in [0.05, 0.1) is 24.8 Å². The van der Waals surface area contributed by atoms with Gasteiger partial charge in [-0.25, -0.2) is 8.42 Å². The van der Waals surface area contributed by atoms with Crippen molar-refractivity contribution in [1.29, 1.82) is 0 Å². The monoisotopic (exact) mass is 677 g/mol. The van der Waals surface area contributed by atoms with Gasteiger partial charge in [-0.2, -0.15) is 0 Å². The zero-order chi connectivity index (χ0) is 34.0. The van der Waals surface area contributed by atoms with Gasteiger partial charge in [0.25, 0.3) is 10.0 Å². The molecule has 0 saturated carbocycles. The molecule has 4 aromatic rings. The second kappa shape index (κ2) is 16.3. The maximum atomic E-state index is 14.6. The number of amides is 2. The highest BCUT2D eigenvalue weighted by Gasteiger charge is 2.35. The Hall–Kier alpha value is -4.54.